The Morgan fingerprint density at radius 3 is 2.61 bits per heavy atom. The summed E-state index contributed by atoms with van der Waals surface area (Å²) >= 11 is 0. The quantitative estimate of drug-likeness (QED) is 0.483. The number of amides is 1. The highest BCUT2D eigenvalue weighted by Crippen LogP contribution is 2.24. The molecule has 0 aliphatic rings. The number of benzene rings is 2. The Morgan fingerprint density at radius 2 is 1.89 bits per heavy atom. The van der Waals surface area contributed by atoms with Crippen LogP contribution in [0, 0.1) is 6.92 Å². The number of methoxy groups -OCH3 is 1. The number of nitrogens with one attached hydrogen (secondary N) is 1. The van der Waals surface area contributed by atoms with Crippen molar-refractivity contribution in [2.24, 2.45) is 0 Å². The zero-order valence-electron chi connectivity index (χ0n) is 16.3. The lowest BCUT2D eigenvalue weighted by Gasteiger charge is -2.02. The van der Waals surface area contributed by atoms with Gasteiger partial charge in [0.05, 0.1) is 18.8 Å². The van der Waals surface area contributed by atoms with Crippen molar-refractivity contribution >= 4 is 12.0 Å². The SMILES string of the molecule is COCCNC(=O)/C=C/c1cn(Cc2ccccc2)nc1-c1ccc(C)cc1. The van der Waals surface area contributed by atoms with Gasteiger partial charge in [0.25, 0.3) is 0 Å². The monoisotopic (exact) mass is 375 g/mol. The summed E-state index contributed by atoms with van der Waals surface area (Å²) in [7, 11) is 1.61. The number of nitrogens with zero attached hydrogens (tertiary/aromatic N) is 2. The van der Waals surface area contributed by atoms with Gasteiger partial charge in [-0.2, -0.15) is 5.10 Å². The third-order valence-electron chi connectivity index (χ3n) is 4.32. The Hall–Kier alpha value is -3.18. The van der Waals surface area contributed by atoms with E-state index in [2.05, 4.69) is 48.6 Å². The lowest BCUT2D eigenvalue weighted by molar-refractivity contribution is -0.116. The summed E-state index contributed by atoms with van der Waals surface area (Å²) in [6, 6.07) is 18.4. The molecule has 0 aliphatic carbocycles. The minimum Gasteiger partial charge on any atom is -0.383 e. The fourth-order valence-electron chi connectivity index (χ4n) is 2.85. The molecule has 5 nitrogen and oxygen atoms in total. The summed E-state index contributed by atoms with van der Waals surface area (Å²) < 4.78 is 6.86. The number of rotatable bonds is 8. The van der Waals surface area contributed by atoms with Crippen molar-refractivity contribution in [1.82, 2.24) is 15.1 Å². The second kappa shape index (κ2) is 9.67. The molecule has 1 aromatic heterocycles. The summed E-state index contributed by atoms with van der Waals surface area (Å²) in [5.74, 6) is -0.150. The molecule has 5 heteroatoms. The first-order chi connectivity index (χ1) is 13.7. The van der Waals surface area contributed by atoms with Crippen LogP contribution >= 0.6 is 0 Å². The maximum absolute atomic E-state index is 12.0. The molecular formula is C23H25N3O2. The van der Waals surface area contributed by atoms with Crippen LogP contribution in [0.5, 0.6) is 0 Å². The van der Waals surface area contributed by atoms with E-state index in [1.165, 1.54) is 17.2 Å². The Kier molecular flexibility index (Phi) is 6.76. The van der Waals surface area contributed by atoms with Gasteiger partial charge in [-0.1, -0.05) is 60.2 Å². The van der Waals surface area contributed by atoms with Crippen LogP contribution < -0.4 is 5.32 Å². The third-order valence-corrected chi connectivity index (χ3v) is 4.32. The van der Waals surface area contributed by atoms with Crippen LogP contribution in [0.4, 0.5) is 0 Å². The van der Waals surface area contributed by atoms with Crippen LogP contribution in [0.25, 0.3) is 17.3 Å². The predicted molar refractivity (Wildman–Crippen MR) is 112 cm³/mol. The molecule has 0 spiro atoms. The molecule has 3 rings (SSSR count). The largest absolute Gasteiger partial charge is 0.383 e. The Balaban J connectivity index is 1.85. The minimum atomic E-state index is -0.150. The van der Waals surface area contributed by atoms with E-state index < -0.39 is 0 Å². The summed E-state index contributed by atoms with van der Waals surface area (Å²) in [6.45, 7) is 3.71. The summed E-state index contributed by atoms with van der Waals surface area (Å²) in [6.07, 6.45) is 5.32. The summed E-state index contributed by atoms with van der Waals surface area (Å²) in [4.78, 5) is 12.0. The highest BCUT2D eigenvalue weighted by molar-refractivity contribution is 5.92. The van der Waals surface area contributed by atoms with Gasteiger partial charge in [0.2, 0.25) is 5.91 Å². The first-order valence-electron chi connectivity index (χ1n) is 9.29. The van der Waals surface area contributed by atoms with E-state index in [9.17, 15) is 4.79 Å². The molecule has 144 valence electrons. The Bertz CT molecular complexity index is 928. The van der Waals surface area contributed by atoms with E-state index in [4.69, 9.17) is 9.84 Å². The van der Waals surface area contributed by atoms with Gasteiger partial charge in [-0.15, -0.1) is 0 Å². The Morgan fingerprint density at radius 1 is 1.14 bits per heavy atom. The molecule has 0 aliphatic heterocycles. The average Bonchev–Trinajstić information content (AvgIpc) is 3.10. The molecule has 1 N–H and O–H groups in total. The highest BCUT2D eigenvalue weighted by atomic mass is 16.5. The molecule has 1 heterocycles. The van der Waals surface area contributed by atoms with Gasteiger partial charge < -0.3 is 10.1 Å². The minimum absolute atomic E-state index is 0.150. The summed E-state index contributed by atoms with van der Waals surface area (Å²) in [5, 5.41) is 7.56. The van der Waals surface area contributed by atoms with Crippen molar-refractivity contribution < 1.29 is 9.53 Å². The maximum atomic E-state index is 12.0. The van der Waals surface area contributed by atoms with Crippen molar-refractivity contribution in [2.45, 2.75) is 13.5 Å². The zero-order chi connectivity index (χ0) is 19.8. The van der Waals surface area contributed by atoms with E-state index in [1.807, 2.05) is 35.2 Å². The van der Waals surface area contributed by atoms with E-state index in [0.717, 1.165) is 16.8 Å². The molecule has 3 aromatic rings. The highest BCUT2D eigenvalue weighted by Gasteiger charge is 2.10. The molecule has 0 unspecified atom stereocenters. The first kappa shape index (κ1) is 19.6. The number of aromatic nitrogens is 2. The Labute approximate surface area is 165 Å². The van der Waals surface area contributed by atoms with Crippen LogP contribution in [-0.4, -0.2) is 35.9 Å². The number of hydrogen-bond donors (Lipinski definition) is 1. The first-order valence-corrected chi connectivity index (χ1v) is 9.29. The molecule has 0 bridgehead atoms. The van der Waals surface area contributed by atoms with Gasteiger partial charge in [0.15, 0.2) is 0 Å². The van der Waals surface area contributed by atoms with E-state index >= 15 is 0 Å². The molecule has 0 atom stereocenters. The lowest BCUT2D eigenvalue weighted by atomic mass is 10.1. The summed E-state index contributed by atoms with van der Waals surface area (Å²) in [5.41, 5.74) is 5.16. The molecule has 0 radical (unpaired) electrons. The third kappa shape index (κ3) is 5.41. The van der Waals surface area contributed by atoms with Crippen LogP contribution in [0.3, 0.4) is 0 Å². The van der Waals surface area contributed by atoms with Crippen LogP contribution in [0.1, 0.15) is 16.7 Å². The smallest absolute Gasteiger partial charge is 0.244 e. The van der Waals surface area contributed by atoms with Crippen molar-refractivity contribution in [3.05, 3.63) is 83.6 Å². The molecular weight excluding hydrogens is 350 g/mol. The number of carbonyl (C=O) groups is 1. The second-order valence-electron chi connectivity index (χ2n) is 6.60. The lowest BCUT2D eigenvalue weighted by Crippen LogP contribution is -2.24. The van der Waals surface area contributed by atoms with E-state index in [-0.39, 0.29) is 5.91 Å². The standard InChI is InChI=1S/C23H25N3O2/c1-18-8-10-20(11-9-18)23-21(12-13-22(27)24-14-15-28-2)17-26(25-23)16-19-6-4-3-5-7-19/h3-13,17H,14-16H2,1-2H3,(H,24,27)/b13-12+. The molecule has 2 aromatic carbocycles. The van der Waals surface area contributed by atoms with E-state index in [1.54, 1.807) is 7.11 Å². The average molecular weight is 375 g/mol. The van der Waals surface area contributed by atoms with Gasteiger partial charge in [-0.05, 0) is 18.6 Å². The fourth-order valence-corrected chi connectivity index (χ4v) is 2.85. The van der Waals surface area contributed by atoms with Crippen molar-refractivity contribution in [3.8, 4) is 11.3 Å². The molecule has 0 saturated carbocycles. The van der Waals surface area contributed by atoms with Gasteiger partial charge in [0, 0.05) is 37.1 Å². The molecule has 1 amide bonds. The van der Waals surface area contributed by atoms with Gasteiger partial charge in [-0.3, -0.25) is 9.48 Å². The van der Waals surface area contributed by atoms with Crippen LogP contribution in [0.2, 0.25) is 0 Å². The zero-order valence-corrected chi connectivity index (χ0v) is 16.3. The molecule has 0 saturated heterocycles. The fraction of sp³-hybridized carbons (Fsp3) is 0.217. The van der Waals surface area contributed by atoms with Gasteiger partial charge in [-0.25, -0.2) is 0 Å². The van der Waals surface area contributed by atoms with Crippen LogP contribution in [-0.2, 0) is 16.1 Å². The van der Waals surface area contributed by atoms with Crippen molar-refractivity contribution in [1.29, 1.82) is 0 Å². The van der Waals surface area contributed by atoms with Crippen molar-refractivity contribution in [3.63, 3.8) is 0 Å². The second-order valence-corrected chi connectivity index (χ2v) is 6.60. The van der Waals surface area contributed by atoms with Gasteiger partial charge in [0.1, 0.15) is 0 Å². The molecule has 0 fully saturated rings. The molecule has 28 heavy (non-hydrogen) atoms. The number of ether oxygens (including phenoxy) is 1. The number of hydrogen-bond acceptors (Lipinski definition) is 3. The van der Waals surface area contributed by atoms with Gasteiger partial charge >= 0.3 is 0 Å². The normalized spacial score (nSPS) is 11.1. The predicted octanol–water partition coefficient (Wildman–Crippen LogP) is 3.68. The topological polar surface area (TPSA) is 56.1 Å². The number of aryl methyl sites for hydroxylation is 1. The van der Waals surface area contributed by atoms with Crippen molar-refractivity contribution in [2.75, 3.05) is 20.3 Å². The number of carbonyl (C=O) groups excluding carboxylic acids is 1. The van der Waals surface area contributed by atoms with E-state index in [0.29, 0.717) is 19.7 Å². The van der Waals surface area contributed by atoms with Crippen LogP contribution in [0.15, 0.2) is 66.9 Å². The maximum Gasteiger partial charge on any atom is 0.244 e.